The number of fused-ring (bicyclic) bond motifs is 1. The summed E-state index contributed by atoms with van der Waals surface area (Å²) in [6, 6.07) is 7.46. The molecule has 0 amide bonds. The van der Waals surface area contributed by atoms with Crippen LogP contribution < -0.4 is 0 Å². The van der Waals surface area contributed by atoms with E-state index in [0.29, 0.717) is 0 Å². The van der Waals surface area contributed by atoms with Crippen molar-refractivity contribution in [2.45, 2.75) is 19.5 Å². The molecule has 4 rings (SSSR count). The number of hydrogen-bond donors (Lipinski definition) is 0. The van der Waals surface area contributed by atoms with E-state index in [-0.39, 0.29) is 9.92 Å². The lowest BCUT2D eigenvalue weighted by Gasteiger charge is -2.27. The molecule has 0 N–H and O–H groups in total. The molecule has 0 fully saturated rings. The van der Waals surface area contributed by atoms with Gasteiger partial charge in [-0.2, -0.15) is 0 Å². The van der Waals surface area contributed by atoms with Crippen LogP contribution in [-0.2, 0) is 19.5 Å². The minimum absolute atomic E-state index is 0.200. The first-order valence-corrected chi connectivity index (χ1v) is 9.23. The molecule has 8 heteroatoms. The molecule has 3 aromatic rings. The number of thiophene rings is 2. The Hall–Kier alpha value is -2.16. The molecule has 0 bridgehead atoms. The van der Waals surface area contributed by atoms with Gasteiger partial charge in [-0.15, -0.1) is 11.3 Å². The number of nitrogens with zero attached hydrogens (tertiary/aromatic N) is 4. The Morgan fingerprint density at radius 3 is 3.00 bits per heavy atom. The molecular formula is C16H14N4O2S2. The smallest absolute Gasteiger partial charge is 0.293 e. The minimum atomic E-state index is -0.334. The van der Waals surface area contributed by atoms with E-state index in [0.717, 1.165) is 52.9 Å². The topological polar surface area (TPSA) is 72.2 Å². The maximum atomic E-state index is 10.8. The second-order valence-corrected chi connectivity index (χ2v) is 7.70. The fourth-order valence-corrected chi connectivity index (χ4v) is 4.33. The van der Waals surface area contributed by atoms with Gasteiger partial charge in [-0.25, -0.2) is 9.97 Å². The molecule has 0 saturated heterocycles. The van der Waals surface area contributed by atoms with Crippen LogP contribution in [0.15, 0.2) is 35.8 Å². The Morgan fingerprint density at radius 1 is 1.33 bits per heavy atom. The summed E-state index contributed by atoms with van der Waals surface area (Å²) in [7, 11) is 0. The summed E-state index contributed by atoms with van der Waals surface area (Å²) in [5.74, 6) is 0.797. The molecule has 6 nitrogen and oxygen atoms in total. The summed E-state index contributed by atoms with van der Waals surface area (Å²) in [4.78, 5) is 24.0. The average Bonchev–Trinajstić information content (AvgIpc) is 3.26. The van der Waals surface area contributed by atoms with Crippen LogP contribution in [0.4, 0.5) is 5.00 Å². The third-order valence-electron chi connectivity index (χ3n) is 3.96. The zero-order chi connectivity index (χ0) is 16.5. The van der Waals surface area contributed by atoms with Crippen LogP contribution in [0.2, 0.25) is 0 Å². The van der Waals surface area contributed by atoms with Crippen LogP contribution in [0.1, 0.15) is 16.1 Å². The second kappa shape index (κ2) is 6.39. The highest BCUT2D eigenvalue weighted by atomic mass is 32.1. The molecule has 0 unspecified atom stereocenters. The summed E-state index contributed by atoms with van der Waals surface area (Å²) in [6.07, 6.45) is 2.80. The Kier molecular flexibility index (Phi) is 4.09. The molecule has 0 saturated carbocycles. The monoisotopic (exact) mass is 358 g/mol. The molecular weight excluding hydrogens is 344 g/mol. The molecule has 4 heterocycles. The van der Waals surface area contributed by atoms with E-state index >= 15 is 0 Å². The third-order valence-corrected chi connectivity index (χ3v) is 5.85. The van der Waals surface area contributed by atoms with Crippen molar-refractivity contribution in [2.75, 3.05) is 6.54 Å². The standard InChI is InChI=1S/C16H14N4O2S2/c21-20(22)15-4-3-12(24-15)10-19-6-5-13-11(9-19)8-17-16(18-13)14-2-1-7-23-14/h1-4,7-8H,5-6,9-10H2. The van der Waals surface area contributed by atoms with Crippen LogP contribution >= 0.6 is 22.7 Å². The zero-order valence-corrected chi connectivity index (χ0v) is 14.3. The normalized spacial score (nSPS) is 14.5. The highest BCUT2D eigenvalue weighted by Gasteiger charge is 2.20. The molecule has 24 heavy (non-hydrogen) atoms. The highest BCUT2D eigenvalue weighted by molar-refractivity contribution is 7.15. The molecule has 1 aliphatic rings. The predicted octanol–water partition coefficient (Wildman–Crippen LogP) is 3.73. The Balaban J connectivity index is 1.48. The lowest BCUT2D eigenvalue weighted by Crippen LogP contribution is -2.30. The average molecular weight is 358 g/mol. The van der Waals surface area contributed by atoms with Crippen LogP contribution in [0.5, 0.6) is 0 Å². The predicted molar refractivity (Wildman–Crippen MR) is 94.1 cm³/mol. The van der Waals surface area contributed by atoms with Crippen molar-refractivity contribution >= 4 is 27.7 Å². The van der Waals surface area contributed by atoms with Crippen molar-refractivity contribution in [3.05, 3.63) is 62.1 Å². The van der Waals surface area contributed by atoms with Crippen molar-refractivity contribution in [2.24, 2.45) is 0 Å². The van der Waals surface area contributed by atoms with Crippen molar-refractivity contribution in [1.29, 1.82) is 0 Å². The van der Waals surface area contributed by atoms with Gasteiger partial charge in [0.2, 0.25) is 0 Å². The first-order valence-electron chi connectivity index (χ1n) is 7.53. The van der Waals surface area contributed by atoms with Crippen LogP contribution in [-0.4, -0.2) is 26.3 Å². The molecule has 122 valence electrons. The maximum Gasteiger partial charge on any atom is 0.324 e. The van der Waals surface area contributed by atoms with Crippen molar-refractivity contribution in [3.63, 3.8) is 0 Å². The number of aromatic nitrogens is 2. The molecule has 0 aliphatic carbocycles. The van der Waals surface area contributed by atoms with Gasteiger partial charge in [-0.1, -0.05) is 17.4 Å². The van der Waals surface area contributed by atoms with E-state index in [1.807, 2.05) is 29.8 Å². The second-order valence-electron chi connectivity index (χ2n) is 5.60. The van der Waals surface area contributed by atoms with Crippen molar-refractivity contribution in [1.82, 2.24) is 14.9 Å². The van der Waals surface area contributed by atoms with E-state index in [9.17, 15) is 10.1 Å². The van der Waals surface area contributed by atoms with Crippen LogP contribution in [0, 0.1) is 10.1 Å². The van der Waals surface area contributed by atoms with Gasteiger partial charge in [0.05, 0.1) is 15.5 Å². The molecule has 0 spiro atoms. The van der Waals surface area contributed by atoms with Gasteiger partial charge in [0, 0.05) is 48.8 Å². The largest absolute Gasteiger partial charge is 0.324 e. The Labute approximate surface area is 146 Å². The summed E-state index contributed by atoms with van der Waals surface area (Å²) in [6.45, 7) is 2.41. The SMILES string of the molecule is O=[N+]([O-])c1ccc(CN2CCc3nc(-c4cccs4)ncc3C2)s1. The van der Waals surface area contributed by atoms with Crippen LogP contribution in [0.3, 0.4) is 0 Å². The van der Waals surface area contributed by atoms with E-state index < -0.39 is 0 Å². The van der Waals surface area contributed by atoms with Crippen LogP contribution in [0.25, 0.3) is 10.7 Å². The first-order chi connectivity index (χ1) is 11.7. The Morgan fingerprint density at radius 2 is 2.25 bits per heavy atom. The number of rotatable bonds is 4. The lowest BCUT2D eigenvalue weighted by molar-refractivity contribution is -0.380. The lowest BCUT2D eigenvalue weighted by atomic mass is 10.1. The maximum absolute atomic E-state index is 10.8. The summed E-state index contributed by atoms with van der Waals surface area (Å²) < 4.78 is 0. The molecule has 0 atom stereocenters. The molecule has 0 aromatic carbocycles. The third kappa shape index (κ3) is 3.08. The van der Waals surface area contributed by atoms with Gasteiger partial charge >= 0.3 is 5.00 Å². The fraction of sp³-hybridized carbons (Fsp3) is 0.250. The fourth-order valence-electron chi connectivity index (χ4n) is 2.80. The van der Waals surface area contributed by atoms with Gasteiger partial charge in [-0.05, 0) is 17.5 Å². The van der Waals surface area contributed by atoms with E-state index in [1.165, 1.54) is 11.3 Å². The van der Waals surface area contributed by atoms with Gasteiger partial charge < -0.3 is 0 Å². The Bertz CT molecular complexity index is 876. The van der Waals surface area contributed by atoms with E-state index in [4.69, 9.17) is 4.98 Å². The van der Waals surface area contributed by atoms with Crippen molar-refractivity contribution in [3.8, 4) is 10.7 Å². The molecule has 3 aromatic heterocycles. The zero-order valence-electron chi connectivity index (χ0n) is 12.7. The minimum Gasteiger partial charge on any atom is -0.293 e. The highest BCUT2D eigenvalue weighted by Crippen LogP contribution is 2.28. The molecule has 1 aliphatic heterocycles. The summed E-state index contributed by atoms with van der Waals surface area (Å²) in [5, 5.41) is 13.0. The number of hydrogen-bond acceptors (Lipinski definition) is 7. The first kappa shape index (κ1) is 15.4. The van der Waals surface area contributed by atoms with E-state index in [1.54, 1.807) is 17.4 Å². The van der Waals surface area contributed by atoms with Crippen molar-refractivity contribution < 1.29 is 4.92 Å². The number of nitro groups is 1. The quantitative estimate of drug-likeness (QED) is 0.525. The van der Waals surface area contributed by atoms with E-state index in [2.05, 4.69) is 9.88 Å². The van der Waals surface area contributed by atoms with Gasteiger partial charge in [0.25, 0.3) is 0 Å². The van der Waals surface area contributed by atoms with Gasteiger partial charge in [0.15, 0.2) is 5.82 Å². The van der Waals surface area contributed by atoms with Gasteiger partial charge in [-0.3, -0.25) is 15.0 Å². The summed E-state index contributed by atoms with van der Waals surface area (Å²) >= 11 is 2.89. The van der Waals surface area contributed by atoms with Gasteiger partial charge in [0.1, 0.15) is 0 Å². The summed E-state index contributed by atoms with van der Waals surface area (Å²) in [5.41, 5.74) is 2.26. The molecule has 0 radical (unpaired) electrons.